The van der Waals surface area contributed by atoms with Gasteiger partial charge in [0.2, 0.25) is 0 Å². The van der Waals surface area contributed by atoms with Crippen LogP contribution in [-0.4, -0.2) is 28.0 Å². The predicted octanol–water partition coefficient (Wildman–Crippen LogP) is 6.56. The predicted molar refractivity (Wildman–Crippen MR) is 138 cm³/mol. The van der Waals surface area contributed by atoms with E-state index in [2.05, 4.69) is 41.6 Å². The second-order valence-corrected chi connectivity index (χ2v) is 9.60. The highest BCUT2D eigenvalue weighted by Crippen LogP contribution is 2.32. The SMILES string of the molecule is CC[C@H](NC(=O)c1ccc(-c2ccc(Nc3nc4ccc(C(C)C)cc4s3)c(F)c2)cc1)C(=O)O. The van der Waals surface area contributed by atoms with Crippen molar-refractivity contribution in [2.75, 3.05) is 5.32 Å². The van der Waals surface area contributed by atoms with Crippen molar-refractivity contribution in [2.24, 2.45) is 0 Å². The highest BCUT2D eigenvalue weighted by atomic mass is 32.1. The second-order valence-electron chi connectivity index (χ2n) is 8.57. The van der Waals surface area contributed by atoms with E-state index >= 15 is 0 Å². The van der Waals surface area contributed by atoms with Gasteiger partial charge >= 0.3 is 5.97 Å². The quantitative estimate of drug-likeness (QED) is 0.260. The van der Waals surface area contributed by atoms with Gasteiger partial charge in [-0.3, -0.25) is 4.79 Å². The summed E-state index contributed by atoms with van der Waals surface area (Å²) in [4.78, 5) is 28.0. The molecule has 0 bridgehead atoms. The lowest BCUT2D eigenvalue weighted by molar-refractivity contribution is -0.139. The number of carbonyl (C=O) groups excluding carboxylic acids is 1. The zero-order valence-corrected chi connectivity index (χ0v) is 20.4. The monoisotopic (exact) mass is 491 g/mol. The number of carboxylic acids is 1. The van der Waals surface area contributed by atoms with E-state index in [4.69, 9.17) is 5.11 Å². The standard InChI is InChI=1S/C27H26FN3O3S/c1-4-21(26(33)34)29-25(32)17-7-5-16(6-8-17)19-10-11-22(20(28)13-19)30-27-31-23-12-9-18(15(2)3)14-24(23)35-27/h5-15,21H,4H2,1-3H3,(H,29,32)(H,30,31)(H,33,34)/t21-/m0/s1. The van der Waals surface area contributed by atoms with Crippen LogP contribution in [0.3, 0.4) is 0 Å². The minimum absolute atomic E-state index is 0.287. The van der Waals surface area contributed by atoms with E-state index in [1.54, 1.807) is 43.3 Å². The number of hydrogen-bond acceptors (Lipinski definition) is 5. The summed E-state index contributed by atoms with van der Waals surface area (Å²) in [6.07, 6.45) is 0.287. The molecule has 0 saturated heterocycles. The summed E-state index contributed by atoms with van der Waals surface area (Å²) >= 11 is 1.48. The lowest BCUT2D eigenvalue weighted by Gasteiger charge is -2.12. The lowest BCUT2D eigenvalue weighted by atomic mass is 10.0. The molecule has 35 heavy (non-hydrogen) atoms. The number of hydrogen-bond donors (Lipinski definition) is 3. The molecule has 3 N–H and O–H groups in total. The molecule has 6 nitrogen and oxygen atoms in total. The van der Waals surface area contributed by atoms with Crippen LogP contribution >= 0.6 is 11.3 Å². The lowest BCUT2D eigenvalue weighted by Crippen LogP contribution is -2.40. The third-order valence-corrected chi connectivity index (χ3v) is 6.72. The van der Waals surface area contributed by atoms with Crippen LogP contribution in [0.15, 0.2) is 60.7 Å². The van der Waals surface area contributed by atoms with Crippen molar-refractivity contribution in [1.29, 1.82) is 0 Å². The van der Waals surface area contributed by atoms with Gasteiger partial charge in [-0.1, -0.05) is 56.4 Å². The van der Waals surface area contributed by atoms with Crippen LogP contribution in [0.1, 0.15) is 49.0 Å². The fraction of sp³-hybridized carbons (Fsp3) is 0.222. The molecule has 0 aliphatic carbocycles. The first-order valence-corrected chi connectivity index (χ1v) is 12.2. The van der Waals surface area contributed by atoms with Crippen LogP contribution in [0, 0.1) is 5.82 Å². The highest BCUT2D eigenvalue weighted by Gasteiger charge is 2.18. The molecule has 0 saturated carbocycles. The molecule has 4 aromatic rings. The third kappa shape index (κ3) is 5.49. The summed E-state index contributed by atoms with van der Waals surface area (Å²) in [7, 11) is 0. The molecule has 1 heterocycles. The maximum Gasteiger partial charge on any atom is 0.326 e. The first-order chi connectivity index (χ1) is 16.7. The number of benzene rings is 3. The molecule has 1 amide bonds. The molecule has 4 rings (SSSR count). The van der Waals surface area contributed by atoms with Crippen LogP contribution in [0.4, 0.5) is 15.2 Å². The molecular formula is C27H26FN3O3S. The average Bonchev–Trinajstić information content (AvgIpc) is 3.25. The summed E-state index contributed by atoms with van der Waals surface area (Å²) in [6.45, 7) is 5.97. The van der Waals surface area contributed by atoms with Gasteiger partial charge in [-0.25, -0.2) is 14.2 Å². The number of fused-ring (bicyclic) bond motifs is 1. The molecule has 1 aromatic heterocycles. The van der Waals surface area contributed by atoms with Crippen molar-refractivity contribution in [3.8, 4) is 11.1 Å². The Hall–Kier alpha value is -3.78. The van der Waals surface area contributed by atoms with Crippen LogP contribution in [0.25, 0.3) is 21.3 Å². The van der Waals surface area contributed by atoms with Crippen LogP contribution in [0.2, 0.25) is 0 Å². The Morgan fingerprint density at radius 1 is 1.03 bits per heavy atom. The fourth-order valence-corrected chi connectivity index (χ4v) is 4.59. The molecule has 0 radical (unpaired) electrons. The van der Waals surface area contributed by atoms with Gasteiger partial charge in [-0.05, 0) is 65.4 Å². The highest BCUT2D eigenvalue weighted by molar-refractivity contribution is 7.22. The minimum atomic E-state index is -1.08. The van der Waals surface area contributed by atoms with Crippen molar-refractivity contribution >= 4 is 44.2 Å². The maximum absolute atomic E-state index is 14.9. The largest absolute Gasteiger partial charge is 0.480 e. The van der Waals surface area contributed by atoms with E-state index in [-0.39, 0.29) is 6.42 Å². The van der Waals surface area contributed by atoms with Crippen molar-refractivity contribution in [3.63, 3.8) is 0 Å². The number of nitrogens with zero attached hydrogens (tertiary/aromatic N) is 1. The average molecular weight is 492 g/mol. The Morgan fingerprint density at radius 2 is 1.74 bits per heavy atom. The normalized spacial score (nSPS) is 12.0. The summed E-state index contributed by atoms with van der Waals surface area (Å²) in [5.41, 5.74) is 4.16. The summed E-state index contributed by atoms with van der Waals surface area (Å²) in [5.74, 6) is -1.54. The number of nitrogens with one attached hydrogen (secondary N) is 2. The molecule has 3 aromatic carbocycles. The maximum atomic E-state index is 14.9. The number of aromatic nitrogens is 1. The van der Waals surface area contributed by atoms with Crippen molar-refractivity contribution < 1.29 is 19.1 Å². The second kappa shape index (κ2) is 10.2. The number of rotatable bonds is 8. The summed E-state index contributed by atoms with van der Waals surface area (Å²) in [6, 6.07) is 16.7. The minimum Gasteiger partial charge on any atom is -0.480 e. The van der Waals surface area contributed by atoms with Gasteiger partial charge < -0.3 is 15.7 Å². The van der Waals surface area contributed by atoms with Crippen LogP contribution in [0.5, 0.6) is 0 Å². The molecule has 8 heteroatoms. The first kappa shape index (κ1) is 24.3. The molecule has 0 aliphatic rings. The van der Waals surface area contributed by atoms with Crippen molar-refractivity contribution in [1.82, 2.24) is 10.3 Å². The molecule has 0 spiro atoms. The van der Waals surface area contributed by atoms with E-state index in [9.17, 15) is 14.0 Å². The van der Waals surface area contributed by atoms with Gasteiger partial charge in [0, 0.05) is 5.56 Å². The molecule has 0 fully saturated rings. The van der Waals surface area contributed by atoms with Gasteiger partial charge in [-0.15, -0.1) is 0 Å². The fourth-order valence-electron chi connectivity index (χ4n) is 3.66. The number of halogens is 1. The van der Waals surface area contributed by atoms with E-state index < -0.39 is 23.7 Å². The summed E-state index contributed by atoms with van der Waals surface area (Å²) < 4.78 is 16.0. The topological polar surface area (TPSA) is 91.3 Å². The van der Waals surface area contributed by atoms with Gasteiger partial charge in [0.15, 0.2) is 5.13 Å². The van der Waals surface area contributed by atoms with Gasteiger partial charge in [0.05, 0.1) is 15.9 Å². The van der Waals surface area contributed by atoms with Gasteiger partial charge in [0.1, 0.15) is 11.9 Å². The Bertz CT molecular complexity index is 1380. The zero-order chi connectivity index (χ0) is 25.1. The van der Waals surface area contributed by atoms with E-state index in [1.165, 1.54) is 23.0 Å². The van der Waals surface area contributed by atoms with Crippen molar-refractivity contribution in [2.45, 2.75) is 39.2 Å². The van der Waals surface area contributed by atoms with E-state index in [1.807, 2.05) is 6.07 Å². The zero-order valence-electron chi connectivity index (χ0n) is 19.6. The molecule has 180 valence electrons. The van der Waals surface area contributed by atoms with E-state index in [0.29, 0.717) is 27.9 Å². The van der Waals surface area contributed by atoms with Crippen LogP contribution < -0.4 is 10.6 Å². The number of carbonyl (C=O) groups is 2. The van der Waals surface area contributed by atoms with E-state index in [0.717, 1.165) is 15.8 Å². The van der Waals surface area contributed by atoms with Crippen molar-refractivity contribution in [3.05, 3.63) is 77.6 Å². The Labute approximate surface area is 206 Å². The smallest absolute Gasteiger partial charge is 0.326 e. The number of thiazole rings is 1. The number of anilines is 2. The molecule has 0 unspecified atom stereocenters. The number of carboxylic acid groups (broad SMARTS) is 1. The van der Waals surface area contributed by atoms with Gasteiger partial charge in [-0.2, -0.15) is 0 Å². The molecule has 0 aliphatic heterocycles. The third-order valence-electron chi connectivity index (χ3n) is 5.78. The first-order valence-electron chi connectivity index (χ1n) is 11.4. The van der Waals surface area contributed by atoms with Gasteiger partial charge in [0.25, 0.3) is 5.91 Å². The number of amides is 1. The Kier molecular flexibility index (Phi) is 7.12. The summed E-state index contributed by atoms with van der Waals surface area (Å²) in [5, 5.41) is 15.3. The Morgan fingerprint density at radius 3 is 2.37 bits per heavy atom. The van der Waals surface area contributed by atoms with Crippen LogP contribution in [-0.2, 0) is 4.79 Å². The Balaban J connectivity index is 1.48. The molecular weight excluding hydrogens is 465 g/mol. The number of aliphatic carboxylic acids is 1. The molecule has 1 atom stereocenters.